The molecule has 0 atom stereocenters. The van der Waals surface area contributed by atoms with Crippen molar-refractivity contribution in [1.82, 2.24) is 0 Å². The minimum absolute atomic E-state index is 0.138. The Kier molecular flexibility index (Phi) is 5.53. The standard InChI is InChI=1S/C23H13NO4S2/c25-21-20(30-23(29)24(21)17-9-7-16(8-10-17)22(26)27)14-19-13-12-18(28-19)11-6-15-4-2-1-3-5-15/h1-5,7-10,12-14H,(H,26,27)/b20-14-. The average molecular weight is 431 g/mol. The molecular formula is C23H13NO4S2. The molecule has 2 aromatic carbocycles. The minimum Gasteiger partial charge on any atom is -0.478 e. The zero-order chi connectivity index (χ0) is 21.1. The average Bonchev–Trinajstić information content (AvgIpc) is 3.31. The molecule has 1 aromatic heterocycles. The topological polar surface area (TPSA) is 70.8 Å². The lowest BCUT2D eigenvalue weighted by molar-refractivity contribution is -0.113. The van der Waals surface area contributed by atoms with Crippen LogP contribution in [0.4, 0.5) is 5.69 Å². The third-order valence-corrected chi connectivity index (χ3v) is 5.47. The van der Waals surface area contributed by atoms with Crippen LogP contribution in [0.2, 0.25) is 0 Å². The number of nitrogens with zero attached hydrogens (tertiary/aromatic N) is 1. The Morgan fingerprint density at radius 2 is 1.77 bits per heavy atom. The Morgan fingerprint density at radius 1 is 1.03 bits per heavy atom. The van der Waals surface area contributed by atoms with E-state index in [2.05, 4.69) is 11.8 Å². The highest BCUT2D eigenvalue weighted by atomic mass is 32.2. The molecule has 2 heterocycles. The summed E-state index contributed by atoms with van der Waals surface area (Å²) in [6, 6.07) is 19.0. The lowest BCUT2D eigenvalue weighted by atomic mass is 10.2. The van der Waals surface area contributed by atoms with E-state index in [0.29, 0.717) is 26.4 Å². The van der Waals surface area contributed by atoms with Crippen LogP contribution in [0, 0.1) is 11.8 Å². The van der Waals surface area contributed by atoms with Gasteiger partial charge in [0.1, 0.15) is 5.76 Å². The molecule has 0 spiro atoms. The summed E-state index contributed by atoms with van der Waals surface area (Å²) >= 11 is 6.49. The van der Waals surface area contributed by atoms with E-state index in [4.69, 9.17) is 21.7 Å². The number of hydrogen-bond acceptors (Lipinski definition) is 5. The maximum Gasteiger partial charge on any atom is 0.335 e. The maximum atomic E-state index is 12.8. The molecule has 146 valence electrons. The van der Waals surface area contributed by atoms with E-state index < -0.39 is 5.97 Å². The molecule has 1 N–H and O–H groups in total. The predicted octanol–water partition coefficient (Wildman–Crippen LogP) is 4.78. The summed E-state index contributed by atoms with van der Waals surface area (Å²) in [7, 11) is 0. The van der Waals surface area contributed by atoms with Crippen molar-refractivity contribution in [2.45, 2.75) is 0 Å². The Bertz CT molecular complexity index is 1230. The normalized spacial score (nSPS) is 14.7. The second-order valence-corrected chi connectivity index (χ2v) is 7.86. The Labute approximate surface area is 182 Å². The first kappa shape index (κ1) is 19.7. The van der Waals surface area contributed by atoms with Crippen molar-refractivity contribution < 1.29 is 19.1 Å². The van der Waals surface area contributed by atoms with Gasteiger partial charge in [0.2, 0.25) is 0 Å². The molecule has 0 unspecified atom stereocenters. The smallest absolute Gasteiger partial charge is 0.335 e. The highest BCUT2D eigenvalue weighted by Gasteiger charge is 2.33. The molecule has 0 saturated carbocycles. The molecule has 5 nitrogen and oxygen atoms in total. The van der Waals surface area contributed by atoms with Crippen LogP contribution in [-0.2, 0) is 4.79 Å². The molecule has 3 aromatic rings. The number of thiocarbonyl (C=S) groups is 1. The van der Waals surface area contributed by atoms with E-state index in [0.717, 1.165) is 17.3 Å². The highest BCUT2D eigenvalue weighted by Crippen LogP contribution is 2.36. The molecule has 1 aliphatic rings. The lowest BCUT2D eigenvalue weighted by Gasteiger charge is -2.14. The quantitative estimate of drug-likeness (QED) is 0.366. The summed E-state index contributed by atoms with van der Waals surface area (Å²) in [4.78, 5) is 25.6. The fraction of sp³-hybridized carbons (Fsp3) is 0. The van der Waals surface area contributed by atoms with Crippen molar-refractivity contribution in [3.05, 3.63) is 94.3 Å². The molecule has 4 rings (SSSR count). The monoisotopic (exact) mass is 431 g/mol. The summed E-state index contributed by atoms with van der Waals surface area (Å²) in [5, 5.41) is 9.02. The highest BCUT2D eigenvalue weighted by molar-refractivity contribution is 8.27. The Balaban J connectivity index is 1.53. The van der Waals surface area contributed by atoms with Gasteiger partial charge in [0.15, 0.2) is 10.1 Å². The van der Waals surface area contributed by atoms with E-state index in [1.807, 2.05) is 30.3 Å². The van der Waals surface area contributed by atoms with Gasteiger partial charge in [0.25, 0.3) is 5.91 Å². The number of carbonyl (C=O) groups excluding carboxylic acids is 1. The number of hydrogen-bond donors (Lipinski definition) is 1. The van der Waals surface area contributed by atoms with E-state index in [1.54, 1.807) is 30.3 Å². The van der Waals surface area contributed by atoms with Crippen molar-refractivity contribution in [2.24, 2.45) is 0 Å². The van der Waals surface area contributed by atoms with Crippen LogP contribution in [0.5, 0.6) is 0 Å². The molecule has 0 bridgehead atoms. The number of amides is 1. The minimum atomic E-state index is -1.03. The largest absolute Gasteiger partial charge is 0.478 e. The van der Waals surface area contributed by atoms with Gasteiger partial charge < -0.3 is 9.52 Å². The van der Waals surface area contributed by atoms with Gasteiger partial charge in [-0.15, -0.1) is 0 Å². The summed E-state index contributed by atoms with van der Waals surface area (Å²) in [5.41, 5.74) is 1.53. The summed E-state index contributed by atoms with van der Waals surface area (Å²) < 4.78 is 6.06. The third-order valence-electron chi connectivity index (χ3n) is 4.17. The summed E-state index contributed by atoms with van der Waals surface area (Å²) in [5.74, 6) is 5.63. The van der Waals surface area contributed by atoms with E-state index >= 15 is 0 Å². The first-order chi connectivity index (χ1) is 14.5. The number of benzene rings is 2. The van der Waals surface area contributed by atoms with Gasteiger partial charge in [-0.05, 0) is 54.5 Å². The number of furan rings is 1. The van der Waals surface area contributed by atoms with Crippen molar-refractivity contribution >= 4 is 51.9 Å². The van der Waals surface area contributed by atoms with Crippen LogP contribution in [0.3, 0.4) is 0 Å². The SMILES string of the molecule is O=C(O)c1ccc(N2C(=O)/C(=C/c3ccc(C#Cc4ccccc4)o3)SC2=S)cc1. The van der Waals surface area contributed by atoms with Crippen molar-refractivity contribution in [3.63, 3.8) is 0 Å². The molecule has 1 amide bonds. The first-order valence-electron chi connectivity index (χ1n) is 8.79. The second kappa shape index (κ2) is 8.41. The second-order valence-electron chi connectivity index (χ2n) is 6.19. The van der Waals surface area contributed by atoms with Crippen LogP contribution in [0.15, 0.2) is 76.1 Å². The van der Waals surface area contributed by atoms with Crippen LogP contribution >= 0.6 is 24.0 Å². The molecule has 1 saturated heterocycles. The predicted molar refractivity (Wildman–Crippen MR) is 120 cm³/mol. The van der Waals surface area contributed by atoms with Gasteiger partial charge >= 0.3 is 5.97 Å². The van der Waals surface area contributed by atoms with Crippen LogP contribution in [-0.4, -0.2) is 21.3 Å². The molecule has 0 aliphatic carbocycles. The number of rotatable bonds is 3. The fourth-order valence-corrected chi connectivity index (χ4v) is 4.00. The molecular weight excluding hydrogens is 418 g/mol. The van der Waals surface area contributed by atoms with Gasteiger partial charge in [-0.1, -0.05) is 48.1 Å². The van der Waals surface area contributed by atoms with E-state index in [-0.39, 0.29) is 11.5 Å². The number of carbonyl (C=O) groups is 2. The Morgan fingerprint density at radius 3 is 2.47 bits per heavy atom. The lowest BCUT2D eigenvalue weighted by Crippen LogP contribution is -2.27. The van der Waals surface area contributed by atoms with E-state index in [1.165, 1.54) is 17.0 Å². The number of carboxylic acid groups (broad SMARTS) is 1. The van der Waals surface area contributed by atoms with Gasteiger partial charge in [-0.3, -0.25) is 9.69 Å². The number of anilines is 1. The number of aromatic carboxylic acids is 1. The van der Waals surface area contributed by atoms with Gasteiger partial charge in [-0.2, -0.15) is 0 Å². The van der Waals surface area contributed by atoms with Gasteiger partial charge in [0, 0.05) is 11.6 Å². The molecule has 30 heavy (non-hydrogen) atoms. The van der Waals surface area contributed by atoms with Crippen LogP contribution < -0.4 is 4.90 Å². The number of carboxylic acids is 1. The van der Waals surface area contributed by atoms with Crippen LogP contribution in [0.25, 0.3) is 6.08 Å². The zero-order valence-electron chi connectivity index (χ0n) is 15.4. The molecule has 1 aliphatic heterocycles. The summed E-state index contributed by atoms with van der Waals surface area (Å²) in [6.07, 6.45) is 1.62. The molecule has 7 heteroatoms. The Hall–Kier alpha value is -3.60. The van der Waals surface area contributed by atoms with Crippen molar-refractivity contribution in [3.8, 4) is 11.8 Å². The van der Waals surface area contributed by atoms with Crippen LogP contribution in [0.1, 0.15) is 27.4 Å². The van der Waals surface area contributed by atoms with Gasteiger partial charge in [-0.25, -0.2) is 4.79 Å². The van der Waals surface area contributed by atoms with Crippen molar-refractivity contribution in [1.29, 1.82) is 0 Å². The van der Waals surface area contributed by atoms with E-state index in [9.17, 15) is 9.59 Å². The van der Waals surface area contributed by atoms with Crippen molar-refractivity contribution in [2.75, 3.05) is 4.90 Å². The fourth-order valence-electron chi connectivity index (χ4n) is 2.73. The van der Waals surface area contributed by atoms with Gasteiger partial charge in [0.05, 0.1) is 16.2 Å². The summed E-state index contributed by atoms with van der Waals surface area (Å²) in [6.45, 7) is 0. The molecule has 1 fully saturated rings. The zero-order valence-corrected chi connectivity index (χ0v) is 17.0. The third kappa shape index (κ3) is 4.20. The number of thioether (sulfide) groups is 1. The first-order valence-corrected chi connectivity index (χ1v) is 10.0. The molecule has 0 radical (unpaired) electrons. The maximum absolute atomic E-state index is 12.8.